The van der Waals surface area contributed by atoms with Crippen LogP contribution in [0.3, 0.4) is 0 Å². The Morgan fingerprint density at radius 3 is 0.924 bits per heavy atom. The van der Waals surface area contributed by atoms with Crippen molar-refractivity contribution in [3.63, 3.8) is 0 Å². The number of likely N-dealkylation sites (tertiary alicyclic amines) is 4. The van der Waals surface area contributed by atoms with Gasteiger partial charge in [-0.2, -0.15) is 20.4 Å². The van der Waals surface area contributed by atoms with Crippen molar-refractivity contribution < 1.29 is 82.8 Å². The average molecular weight is 2090 g/mol. The fourth-order valence-corrected chi connectivity index (χ4v) is 21.4. The van der Waals surface area contributed by atoms with Crippen LogP contribution in [0, 0.1) is 0 Å². The summed E-state index contributed by atoms with van der Waals surface area (Å²) >= 11 is 0. The molecule has 6 atom stereocenters. The van der Waals surface area contributed by atoms with Crippen LogP contribution >= 0.6 is 0 Å². The summed E-state index contributed by atoms with van der Waals surface area (Å²) in [6.45, 7) is 7.32. The Kier molecular flexibility index (Phi) is 28.8. The summed E-state index contributed by atoms with van der Waals surface area (Å²) in [6, 6.07) is 16.7. The molecule has 8 aromatic heterocycles. The van der Waals surface area contributed by atoms with Crippen molar-refractivity contribution in [1.29, 1.82) is 0 Å². The third-order valence-electron chi connectivity index (χ3n) is 24.9. The second-order valence-corrected chi connectivity index (χ2v) is 42.2. The zero-order valence-electron chi connectivity index (χ0n) is 105. The zero-order valence-corrected chi connectivity index (χ0v) is 86.6. The first-order valence-corrected chi connectivity index (χ1v) is 53.8. The molecule has 16 rings (SSSR count). The van der Waals surface area contributed by atoms with Crippen LogP contribution in [-0.4, -0.2) is 263 Å². The number of hydrogen-bond acceptors (Lipinski definition) is 28. The molecule has 40 nitrogen and oxygen atoms in total. The Hall–Kier alpha value is -11.0. The van der Waals surface area contributed by atoms with E-state index in [-0.39, 0.29) is 212 Å². The Morgan fingerprint density at radius 2 is 0.639 bits per heavy atom. The molecular weight excluding hydrogens is 1920 g/mol. The number of sulfonamides is 4. The maximum absolute atomic E-state index is 13.4. The van der Waals surface area contributed by atoms with Gasteiger partial charge in [0.25, 0.3) is 22.2 Å². The highest BCUT2D eigenvalue weighted by Gasteiger charge is 2.32. The van der Waals surface area contributed by atoms with Gasteiger partial charge in [0, 0.05) is 108 Å². The van der Waals surface area contributed by atoms with Gasteiger partial charge in [-0.15, -0.1) is 0 Å². The lowest BCUT2D eigenvalue weighted by Crippen LogP contribution is -2.31. The predicted molar refractivity (Wildman–Crippen MR) is 559 cm³/mol. The number of benzene rings is 4. The van der Waals surface area contributed by atoms with E-state index >= 15 is 0 Å². The van der Waals surface area contributed by atoms with E-state index in [2.05, 4.69) is 93.9 Å². The molecule has 0 radical (unpaired) electrons. The SMILES string of the molecule is [2H]C(CC1CCCN1C)NS(=O)(=O)c1ccc(OCCC)c(-c2nc3c(C([2H])([2H])C([2H])([2H])C)nn(C)c3c(=O)[nH]2)c1.[2H]C(CC1CCCN1C)NS(=O)(=O)c1ccc(OCCC)c(-c2nc3c(CC([2H])([2H])C)nn(C([2H])([2H])[2H])c3c(=O)[nH]2)c1.[2H]C([2H])(C)Cc1nn(C([2H])([2H])[2H])c2c(=O)[nH]c(-c3cc(S(=O)(=O)NCCC4CCCN4C)ccc3OCCC)nc12.[2H]C([2H])(CC1CCCN1C)NS(=O)(=O)c1ccc(OCCC)c(-c2nc3c(C([2H])([2H])C([2H])([2H])C)nn(C)c3c(=O)[nH]2)c1. The Labute approximate surface area is 873 Å². The van der Waals surface area contributed by atoms with Gasteiger partial charge in [-0.1, -0.05) is 80.9 Å². The van der Waals surface area contributed by atoms with Gasteiger partial charge in [-0.25, -0.2) is 72.5 Å². The van der Waals surface area contributed by atoms with Gasteiger partial charge in [0.2, 0.25) is 40.1 Å². The first-order chi connectivity index (χ1) is 77.0. The van der Waals surface area contributed by atoms with Gasteiger partial charge in [0.05, 0.1) is 91.0 Å². The van der Waals surface area contributed by atoms with Gasteiger partial charge in [0.15, 0.2) is 22.1 Å². The predicted octanol–water partition coefficient (Wildman–Crippen LogP) is 11.3. The fraction of sp³-hybridized carbons (Fsp3) is 0.560. The molecule has 4 saturated heterocycles. The van der Waals surface area contributed by atoms with E-state index in [0.29, 0.717) is 73.6 Å². The summed E-state index contributed by atoms with van der Waals surface area (Å²) in [6.07, 6.45) is -2.68. The van der Waals surface area contributed by atoms with Gasteiger partial charge in [-0.05, 0) is 255 Å². The van der Waals surface area contributed by atoms with Crippen LogP contribution in [0.25, 0.3) is 89.7 Å². The van der Waals surface area contributed by atoms with Crippen LogP contribution in [0.4, 0.5) is 0 Å². The molecule has 12 heterocycles. The number of rotatable bonds is 44. The number of H-pyrrole nitrogens is 4. The summed E-state index contributed by atoms with van der Waals surface area (Å²) in [5.74, 6) is 0.529. The molecule has 0 bridgehead atoms. The summed E-state index contributed by atoms with van der Waals surface area (Å²) in [7, 11) is -5.96. The summed E-state index contributed by atoms with van der Waals surface area (Å²) in [5.41, 5.74) is -4.67. The molecule has 0 saturated carbocycles. The Morgan fingerprint density at radius 1 is 0.361 bits per heavy atom. The van der Waals surface area contributed by atoms with Crippen molar-refractivity contribution in [2.45, 2.75) is 253 Å². The standard InChI is InChI=1S/4C25H36N6O4S/c4*1-5-8-20-22-23(31(4)29-20)25(32)28-24(27-22)19-16-18(10-11-21(19)35-15-6-2)36(33,34)26-13-12-17-9-7-14-30(17)3/h4*10-11,16-17,26H,5-9,12-15H2,1-4H3,(H,27,28,32)/i5D2,8D2,13D2;5D2,8D2,13D;4D3,5D2,13D;4D3,5D2. The number of nitrogens with one attached hydrogen (secondary N) is 8. The van der Waals surface area contributed by atoms with Crippen molar-refractivity contribution >= 4 is 84.2 Å². The summed E-state index contributed by atoms with van der Waals surface area (Å²) < 4.78 is 321. The van der Waals surface area contributed by atoms with E-state index in [1.54, 1.807) is 0 Å². The van der Waals surface area contributed by atoms with E-state index < -0.39 is 134 Å². The number of nitrogens with zero attached hydrogens (tertiary/aromatic N) is 16. The number of aryl methyl sites for hydroxylation is 8. The van der Waals surface area contributed by atoms with E-state index in [1.807, 2.05) is 60.8 Å². The molecule has 4 aromatic carbocycles. The highest BCUT2D eigenvalue weighted by atomic mass is 32.2. The first-order valence-electron chi connectivity index (χ1n) is 59.0. The van der Waals surface area contributed by atoms with E-state index in [0.717, 1.165) is 101 Å². The normalized spacial score (nSPS) is 20.3. The maximum Gasteiger partial charge on any atom is 0.277 e. The molecule has 0 amide bonds. The molecule has 784 valence electrons. The molecule has 12 aromatic rings. The number of fused-ring (bicyclic) bond motifs is 4. The van der Waals surface area contributed by atoms with Crippen molar-refractivity contribution in [3.8, 4) is 68.5 Å². The van der Waals surface area contributed by atoms with Crippen LogP contribution in [0.5, 0.6) is 23.0 Å². The van der Waals surface area contributed by atoms with Gasteiger partial charge in [0.1, 0.15) is 68.4 Å². The van der Waals surface area contributed by atoms with Gasteiger partial charge >= 0.3 is 0 Å². The summed E-state index contributed by atoms with van der Waals surface area (Å²) in [5, 5.41) is 16.2. The van der Waals surface area contributed by atoms with Crippen molar-refractivity contribution in [1.82, 2.24) is 117 Å². The molecule has 4 fully saturated rings. The Bertz CT molecular complexity index is 8290. The molecular formula is C100H144N24O16S4. The molecule has 144 heavy (non-hydrogen) atoms. The van der Waals surface area contributed by atoms with Crippen LogP contribution < -0.4 is 60.1 Å². The zero-order chi connectivity index (χ0) is 123. The van der Waals surface area contributed by atoms with Gasteiger partial charge in [-0.3, -0.25) is 37.9 Å². The maximum atomic E-state index is 13.4. The molecule has 6 unspecified atom stereocenters. The van der Waals surface area contributed by atoms with Gasteiger partial charge < -0.3 is 58.5 Å². The highest BCUT2D eigenvalue weighted by molar-refractivity contribution is 7.90. The van der Waals surface area contributed by atoms with Crippen molar-refractivity contribution in [2.75, 3.05) is 107 Å². The first kappa shape index (κ1) is 83.1. The number of aromatic nitrogens is 16. The monoisotopic (exact) mass is 2090 g/mol. The second kappa shape index (κ2) is 49.9. The van der Waals surface area contributed by atoms with Crippen LogP contribution in [0.1, 0.15) is 237 Å². The van der Waals surface area contributed by atoms with Crippen LogP contribution in [-0.2, 0) is 93.7 Å². The minimum Gasteiger partial charge on any atom is -0.493 e. The highest BCUT2D eigenvalue weighted by Crippen LogP contribution is 2.38. The minimum atomic E-state index is -4.39. The van der Waals surface area contributed by atoms with E-state index in [9.17, 15) is 52.8 Å². The number of hydrogen-bond donors (Lipinski definition) is 8. The summed E-state index contributed by atoms with van der Waals surface area (Å²) in [4.78, 5) is 88.7. The topological polar surface area (TPSA) is 489 Å². The lowest BCUT2D eigenvalue weighted by Gasteiger charge is -2.19. The lowest BCUT2D eigenvalue weighted by molar-refractivity contribution is 0.297. The number of ether oxygens (including phenoxy) is 4. The minimum absolute atomic E-state index is 0.00525. The van der Waals surface area contributed by atoms with Crippen molar-refractivity contribution in [3.05, 3.63) is 137 Å². The largest absolute Gasteiger partial charge is 0.493 e. The molecule has 0 spiro atoms. The molecule has 44 heteroatoms. The number of aromatic amines is 4. The smallest absolute Gasteiger partial charge is 0.277 e. The molecule has 4 aliphatic rings. The van der Waals surface area contributed by atoms with Crippen LogP contribution in [0.2, 0.25) is 0 Å². The fourth-order valence-electron chi connectivity index (χ4n) is 17.4. The third kappa shape index (κ3) is 26.5. The molecule has 8 N–H and O–H groups in total. The van der Waals surface area contributed by atoms with Crippen LogP contribution in [0.15, 0.2) is 112 Å². The average Bonchev–Trinajstić information content (AvgIpc) is 1.97. The van der Waals surface area contributed by atoms with Crippen molar-refractivity contribution in [2.24, 2.45) is 28.0 Å². The second-order valence-electron chi connectivity index (χ2n) is 35.3. The van der Waals surface area contributed by atoms with E-state index in [1.165, 1.54) is 101 Å². The van der Waals surface area contributed by atoms with E-state index in [4.69, 9.17) is 49.1 Å². The third-order valence-corrected chi connectivity index (χ3v) is 30.4. The lowest BCUT2D eigenvalue weighted by atomic mass is 10.1. The Balaban J connectivity index is 0.000000182. The quantitative estimate of drug-likeness (QED) is 0.0176. The molecule has 0 aliphatic carbocycles. The molecule has 4 aliphatic heterocycles.